The van der Waals surface area contributed by atoms with Crippen LogP contribution < -0.4 is 5.32 Å². The lowest BCUT2D eigenvalue weighted by Gasteiger charge is -2.17. The van der Waals surface area contributed by atoms with Gasteiger partial charge in [-0.15, -0.1) is 0 Å². The van der Waals surface area contributed by atoms with Gasteiger partial charge in [0.1, 0.15) is 0 Å². The fourth-order valence-electron chi connectivity index (χ4n) is 2.37. The highest BCUT2D eigenvalue weighted by Gasteiger charge is 2.00. The Balaban J connectivity index is 3.68. The van der Waals surface area contributed by atoms with Crippen LogP contribution in [0, 0.1) is 11.8 Å². The minimum absolute atomic E-state index is 0.677. The van der Waals surface area contributed by atoms with Crippen molar-refractivity contribution in [3.63, 3.8) is 0 Å². The van der Waals surface area contributed by atoms with Gasteiger partial charge in [-0.05, 0) is 50.9 Å². The first-order valence-electron chi connectivity index (χ1n) is 8.54. The van der Waals surface area contributed by atoms with Crippen LogP contribution >= 0.6 is 0 Å². The maximum absolute atomic E-state index is 4.16. The summed E-state index contributed by atoms with van der Waals surface area (Å²) in [6, 6.07) is 0. The zero-order valence-corrected chi connectivity index (χ0v) is 15.0. The molecule has 0 aromatic carbocycles. The summed E-state index contributed by atoms with van der Waals surface area (Å²) in [5.74, 6) is 1.43. The van der Waals surface area contributed by atoms with E-state index < -0.39 is 0 Å². The molecule has 0 rings (SSSR count). The van der Waals surface area contributed by atoms with Gasteiger partial charge in [0, 0.05) is 19.8 Å². The molecular formula is C18H37N3. The van der Waals surface area contributed by atoms with Crippen molar-refractivity contribution in [1.82, 2.24) is 10.2 Å². The summed E-state index contributed by atoms with van der Waals surface area (Å²) >= 11 is 0. The molecule has 124 valence electrons. The first kappa shape index (κ1) is 20.2. The molecule has 1 N–H and O–H groups in total. The first-order chi connectivity index (χ1) is 9.95. The van der Waals surface area contributed by atoms with Gasteiger partial charge in [-0.1, -0.05) is 40.5 Å². The van der Waals surface area contributed by atoms with Crippen LogP contribution in [0.3, 0.4) is 0 Å². The van der Waals surface area contributed by atoms with Gasteiger partial charge in [-0.25, -0.2) is 0 Å². The topological polar surface area (TPSA) is 27.6 Å². The van der Waals surface area contributed by atoms with Crippen molar-refractivity contribution in [2.75, 3.05) is 26.7 Å². The van der Waals surface area contributed by atoms with Crippen LogP contribution in [0.25, 0.3) is 0 Å². The van der Waals surface area contributed by atoms with Crippen molar-refractivity contribution in [3.8, 4) is 0 Å². The predicted molar refractivity (Wildman–Crippen MR) is 95.9 cm³/mol. The Labute approximate surface area is 132 Å². The van der Waals surface area contributed by atoms with E-state index in [-0.39, 0.29) is 0 Å². The number of hydrogen-bond acceptors (Lipinski definition) is 3. The molecule has 0 unspecified atom stereocenters. The molecule has 0 fully saturated rings. The standard InChI is InChI=1S/C18H37N3/c1-16(2)13-20-12-10-8-7-9-11-18(19-5)15-21(6)14-17(3)4/h15-17,20H,5,7-14H2,1-4,6H3/b18-15-. The average Bonchev–Trinajstić information content (AvgIpc) is 2.39. The van der Waals surface area contributed by atoms with Crippen LogP contribution in [0.5, 0.6) is 0 Å². The van der Waals surface area contributed by atoms with E-state index in [9.17, 15) is 0 Å². The summed E-state index contributed by atoms with van der Waals surface area (Å²) in [4.78, 5) is 6.39. The molecule has 3 nitrogen and oxygen atoms in total. The second kappa shape index (κ2) is 12.9. The highest BCUT2D eigenvalue weighted by molar-refractivity contribution is 5.28. The molecule has 0 aromatic heterocycles. The highest BCUT2D eigenvalue weighted by Crippen LogP contribution is 2.12. The predicted octanol–water partition coefficient (Wildman–Crippen LogP) is 4.31. The molecule has 21 heavy (non-hydrogen) atoms. The SMILES string of the molecule is C=N/C(=C\N(C)CC(C)C)CCCCCCNCC(C)C. The van der Waals surface area contributed by atoms with Gasteiger partial charge in [-0.2, -0.15) is 0 Å². The van der Waals surface area contributed by atoms with Crippen LogP contribution in [0.4, 0.5) is 0 Å². The largest absolute Gasteiger partial charge is 0.379 e. The summed E-state index contributed by atoms with van der Waals surface area (Å²) in [5.41, 5.74) is 1.12. The number of nitrogens with zero attached hydrogens (tertiary/aromatic N) is 2. The third kappa shape index (κ3) is 13.9. The van der Waals surface area contributed by atoms with Gasteiger partial charge < -0.3 is 10.2 Å². The molecule has 0 saturated heterocycles. The highest BCUT2D eigenvalue weighted by atomic mass is 15.1. The van der Waals surface area contributed by atoms with Crippen molar-refractivity contribution in [2.24, 2.45) is 16.8 Å². The lowest BCUT2D eigenvalue weighted by molar-refractivity contribution is 0.385. The van der Waals surface area contributed by atoms with Gasteiger partial charge in [-0.3, -0.25) is 4.99 Å². The number of aliphatic imine (C=N–C) groups is 1. The maximum Gasteiger partial charge on any atom is 0.0554 e. The van der Waals surface area contributed by atoms with E-state index in [1.807, 2.05) is 0 Å². The zero-order chi connectivity index (χ0) is 16.1. The Bertz CT molecular complexity index is 282. The molecular weight excluding hydrogens is 258 g/mol. The van der Waals surface area contributed by atoms with E-state index in [1.165, 1.54) is 25.7 Å². The number of rotatable bonds is 13. The summed E-state index contributed by atoms with van der Waals surface area (Å²) in [6.07, 6.45) is 8.27. The fraction of sp³-hybridized carbons (Fsp3) is 0.833. The Hall–Kier alpha value is -0.830. The Morgan fingerprint density at radius 1 is 1.10 bits per heavy atom. The van der Waals surface area contributed by atoms with Gasteiger partial charge in [0.05, 0.1) is 5.70 Å². The van der Waals surface area contributed by atoms with E-state index in [0.717, 1.165) is 37.7 Å². The summed E-state index contributed by atoms with van der Waals surface area (Å²) in [6.45, 7) is 16.0. The van der Waals surface area contributed by atoms with Crippen molar-refractivity contribution < 1.29 is 0 Å². The molecule has 0 aliphatic heterocycles. The van der Waals surface area contributed by atoms with E-state index >= 15 is 0 Å². The summed E-state index contributed by atoms with van der Waals surface area (Å²) in [5, 5.41) is 3.49. The third-order valence-electron chi connectivity index (χ3n) is 3.31. The minimum atomic E-state index is 0.677. The molecule has 0 aliphatic carbocycles. The maximum atomic E-state index is 4.16. The third-order valence-corrected chi connectivity index (χ3v) is 3.31. The van der Waals surface area contributed by atoms with Crippen LogP contribution in [0.2, 0.25) is 0 Å². The first-order valence-corrected chi connectivity index (χ1v) is 8.54. The second-order valence-electron chi connectivity index (χ2n) is 6.87. The van der Waals surface area contributed by atoms with Gasteiger partial charge in [0.2, 0.25) is 0 Å². The lowest BCUT2D eigenvalue weighted by atomic mass is 10.1. The molecule has 0 heterocycles. The smallest absolute Gasteiger partial charge is 0.0554 e. The molecule has 0 radical (unpaired) electrons. The average molecular weight is 296 g/mol. The van der Waals surface area contributed by atoms with E-state index in [2.05, 4.69) is 62.9 Å². The number of allylic oxidation sites excluding steroid dienone is 1. The Morgan fingerprint density at radius 3 is 2.33 bits per heavy atom. The molecule has 0 spiro atoms. The van der Waals surface area contributed by atoms with Gasteiger partial charge in [0.25, 0.3) is 0 Å². The van der Waals surface area contributed by atoms with Crippen LogP contribution in [-0.2, 0) is 0 Å². The van der Waals surface area contributed by atoms with E-state index in [1.54, 1.807) is 0 Å². The van der Waals surface area contributed by atoms with E-state index in [4.69, 9.17) is 0 Å². The quantitative estimate of drug-likeness (QED) is 0.405. The summed E-state index contributed by atoms with van der Waals surface area (Å²) < 4.78 is 0. The minimum Gasteiger partial charge on any atom is -0.379 e. The van der Waals surface area contributed by atoms with Crippen LogP contribution in [-0.4, -0.2) is 38.3 Å². The molecule has 0 atom stereocenters. The zero-order valence-electron chi connectivity index (χ0n) is 15.0. The molecule has 0 aromatic rings. The Kier molecular flexibility index (Phi) is 12.4. The number of nitrogens with one attached hydrogen (secondary N) is 1. The Morgan fingerprint density at radius 2 is 1.76 bits per heavy atom. The second-order valence-corrected chi connectivity index (χ2v) is 6.87. The van der Waals surface area contributed by atoms with Crippen molar-refractivity contribution >= 4 is 6.72 Å². The van der Waals surface area contributed by atoms with Crippen molar-refractivity contribution in [1.29, 1.82) is 0 Å². The molecule has 0 amide bonds. The number of unbranched alkanes of at least 4 members (excludes halogenated alkanes) is 3. The fourth-order valence-corrected chi connectivity index (χ4v) is 2.37. The van der Waals surface area contributed by atoms with Crippen molar-refractivity contribution in [2.45, 2.75) is 59.8 Å². The molecule has 0 aliphatic rings. The molecule has 0 bridgehead atoms. The van der Waals surface area contributed by atoms with Gasteiger partial charge in [0.15, 0.2) is 0 Å². The monoisotopic (exact) mass is 295 g/mol. The van der Waals surface area contributed by atoms with Crippen molar-refractivity contribution in [3.05, 3.63) is 11.9 Å². The molecule has 3 heteroatoms. The van der Waals surface area contributed by atoms with Crippen LogP contribution in [0.1, 0.15) is 59.8 Å². The lowest BCUT2D eigenvalue weighted by Crippen LogP contribution is -2.20. The molecule has 0 saturated carbocycles. The summed E-state index contributed by atoms with van der Waals surface area (Å²) in [7, 11) is 2.12. The van der Waals surface area contributed by atoms with E-state index in [0.29, 0.717) is 5.92 Å². The normalized spacial score (nSPS) is 12.2. The van der Waals surface area contributed by atoms with Gasteiger partial charge >= 0.3 is 0 Å². The number of hydrogen-bond donors (Lipinski definition) is 1. The van der Waals surface area contributed by atoms with Crippen LogP contribution in [0.15, 0.2) is 16.9 Å².